The Bertz CT molecular complexity index is 164. The van der Waals surface area contributed by atoms with Crippen LogP contribution >= 0.6 is 0 Å². The lowest BCUT2D eigenvalue weighted by atomic mass is 9.99. The van der Waals surface area contributed by atoms with Crippen molar-refractivity contribution >= 4 is 6.29 Å². The quantitative estimate of drug-likeness (QED) is 0.443. The Kier molecular flexibility index (Phi) is 8.54. The van der Waals surface area contributed by atoms with Crippen molar-refractivity contribution in [1.82, 2.24) is 0 Å². The second kappa shape index (κ2) is 8.95. The van der Waals surface area contributed by atoms with Crippen molar-refractivity contribution in [3.63, 3.8) is 0 Å². The predicted molar refractivity (Wildman–Crippen MR) is 59.3 cm³/mol. The van der Waals surface area contributed by atoms with Crippen LogP contribution in [-0.4, -0.2) is 19.5 Å². The van der Waals surface area contributed by atoms with Gasteiger partial charge in [0.15, 0.2) is 0 Å². The molecule has 0 bridgehead atoms. The summed E-state index contributed by atoms with van der Waals surface area (Å²) >= 11 is 0. The molecule has 0 rings (SSSR count). The molecule has 0 aromatic heterocycles. The Hall–Kier alpha value is -0.630. The third kappa shape index (κ3) is 6.84. The van der Waals surface area contributed by atoms with E-state index in [2.05, 4.69) is 13.8 Å². The first-order valence-corrected chi connectivity index (χ1v) is 5.37. The Morgan fingerprint density at radius 3 is 2.57 bits per heavy atom. The minimum Gasteiger partial charge on any atom is -0.381 e. The maximum absolute atomic E-state index is 10.1. The van der Waals surface area contributed by atoms with Crippen LogP contribution in [-0.2, 0) is 9.53 Å². The van der Waals surface area contributed by atoms with Crippen molar-refractivity contribution in [2.45, 2.75) is 45.6 Å². The highest BCUT2D eigenvalue weighted by atomic mass is 16.5. The van der Waals surface area contributed by atoms with Gasteiger partial charge in [-0.1, -0.05) is 26.3 Å². The van der Waals surface area contributed by atoms with E-state index in [-0.39, 0.29) is 6.10 Å². The van der Waals surface area contributed by atoms with E-state index in [0.717, 1.165) is 25.0 Å². The zero-order chi connectivity index (χ0) is 10.8. The normalized spacial score (nSPS) is 15.6. The summed E-state index contributed by atoms with van der Waals surface area (Å²) in [5.74, 6) is 0.766. The Labute approximate surface area is 87.3 Å². The number of hydrogen-bond donors (Lipinski definition) is 0. The van der Waals surface area contributed by atoms with E-state index in [4.69, 9.17) is 4.74 Å². The van der Waals surface area contributed by atoms with Gasteiger partial charge < -0.3 is 4.74 Å². The van der Waals surface area contributed by atoms with E-state index in [1.54, 1.807) is 7.11 Å². The van der Waals surface area contributed by atoms with Gasteiger partial charge in [-0.05, 0) is 31.3 Å². The number of carbonyl (C=O) groups excluding carboxylic acids is 1. The highest BCUT2D eigenvalue weighted by Gasteiger charge is 2.07. The minimum atomic E-state index is 0.264. The van der Waals surface area contributed by atoms with Crippen molar-refractivity contribution in [1.29, 1.82) is 0 Å². The zero-order valence-electron chi connectivity index (χ0n) is 9.53. The molecule has 0 aliphatic carbocycles. The Balaban J connectivity index is 3.67. The van der Waals surface area contributed by atoms with Gasteiger partial charge in [-0.3, -0.25) is 4.79 Å². The van der Waals surface area contributed by atoms with Gasteiger partial charge in [-0.25, -0.2) is 0 Å². The third-order valence-electron chi connectivity index (χ3n) is 2.63. The molecule has 2 nitrogen and oxygen atoms in total. The van der Waals surface area contributed by atoms with E-state index in [1.165, 1.54) is 18.9 Å². The smallest absolute Gasteiger partial charge is 0.142 e. The van der Waals surface area contributed by atoms with Gasteiger partial charge in [0.05, 0.1) is 6.10 Å². The summed E-state index contributed by atoms with van der Waals surface area (Å²) in [6.45, 7) is 4.47. The molecule has 0 fully saturated rings. The first-order valence-electron chi connectivity index (χ1n) is 5.37. The molecule has 0 aromatic carbocycles. The molecule has 0 spiro atoms. The van der Waals surface area contributed by atoms with Gasteiger partial charge in [-0.15, -0.1) is 0 Å². The van der Waals surface area contributed by atoms with E-state index >= 15 is 0 Å². The number of methoxy groups -OCH3 is 1. The summed E-state index contributed by atoms with van der Waals surface area (Å²) in [5, 5.41) is 0. The van der Waals surface area contributed by atoms with Crippen LogP contribution in [0.1, 0.15) is 39.5 Å². The van der Waals surface area contributed by atoms with E-state index in [0.29, 0.717) is 0 Å². The molecule has 0 saturated carbocycles. The fourth-order valence-corrected chi connectivity index (χ4v) is 1.29. The lowest BCUT2D eigenvalue weighted by Gasteiger charge is -2.15. The molecule has 0 amide bonds. The van der Waals surface area contributed by atoms with Crippen molar-refractivity contribution in [3.05, 3.63) is 12.2 Å². The molecule has 0 aliphatic heterocycles. The maximum atomic E-state index is 10.1. The molecule has 0 aromatic rings. The number of rotatable bonds is 8. The predicted octanol–water partition coefficient (Wildman–Crippen LogP) is 2.97. The van der Waals surface area contributed by atoms with Crippen molar-refractivity contribution in [2.24, 2.45) is 5.92 Å². The number of allylic oxidation sites excluding steroid dienone is 1. The monoisotopic (exact) mass is 198 g/mol. The van der Waals surface area contributed by atoms with Gasteiger partial charge in [0, 0.05) is 7.11 Å². The number of ether oxygens (including phenoxy) is 1. The molecular formula is C12H22O2. The van der Waals surface area contributed by atoms with Crippen LogP contribution in [0, 0.1) is 5.92 Å². The molecule has 2 unspecified atom stereocenters. The van der Waals surface area contributed by atoms with Crippen LogP contribution in [0.2, 0.25) is 0 Å². The minimum absolute atomic E-state index is 0.264. The summed E-state index contributed by atoms with van der Waals surface area (Å²) in [6, 6.07) is 0. The molecule has 0 aliphatic rings. The fourth-order valence-electron chi connectivity index (χ4n) is 1.29. The molecule has 0 N–H and O–H groups in total. The molecule has 0 heterocycles. The number of hydrogen-bond acceptors (Lipinski definition) is 2. The topological polar surface area (TPSA) is 26.3 Å². The molecule has 0 radical (unpaired) electrons. The SMILES string of the molecule is CCC(C)CCC(C/C=C/C=O)OC. The van der Waals surface area contributed by atoms with E-state index in [9.17, 15) is 4.79 Å². The lowest BCUT2D eigenvalue weighted by Crippen LogP contribution is -2.10. The van der Waals surface area contributed by atoms with Gasteiger partial charge in [0.25, 0.3) is 0 Å². The van der Waals surface area contributed by atoms with Crippen LogP contribution in [0.4, 0.5) is 0 Å². The largest absolute Gasteiger partial charge is 0.381 e. The van der Waals surface area contributed by atoms with E-state index in [1.807, 2.05) is 6.08 Å². The highest BCUT2D eigenvalue weighted by Crippen LogP contribution is 2.14. The third-order valence-corrected chi connectivity index (χ3v) is 2.63. The van der Waals surface area contributed by atoms with E-state index < -0.39 is 0 Å². The summed E-state index contributed by atoms with van der Waals surface area (Å²) < 4.78 is 5.32. The summed E-state index contributed by atoms with van der Waals surface area (Å²) in [7, 11) is 1.73. The molecule has 2 atom stereocenters. The summed E-state index contributed by atoms with van der Waals surface area (Å²) in [6.07, 6.45) is 8.82. The fraction of sp³-hybridized carbons (Fsp3) is 0.750. The number of aldehydes is 1. The first-order chi connectivity index (χ1) is 6.74. The van der Waals surface area contributed by atoms with Crippen LogP contribution in [0.5, 0.6) is 0 Å². The van der Waals surface area contributed by atoms with Crippen LogP contribution in [0.3, 0.4) is 0 Å². The molecule has 14 heavy (non-hydrogen) atoms. The average molecular weight is 198 g/mol. The second-order valence-corrected chi connectivity index (χ2v) is 3.75. The second-order valence-electron chi connectivity index (χ2n) is 3.75. The van der Waals surface area contributed by atoms with Gasteiger partial charge in [0.2, 0.25) is 0 Å². The maximum Gasteiger partial charge on any atom is 0.142 e. The van der Waals surface area contributed by atoms with Gasteiger partial charge in [0.1, 0.15) is 6.29 Å². The van der Waals surface area contributed by atoms with Gasteiger partial charge >= 0.3 is 0 Å². The molecule has 82 valence electrons. The Morgan fingerprint density at radius 2 is 2.07 bits per heavy atom. The lowest BCUT2D eigenvalue weighted by molar-refractivity contribution is -0.104. The Morgan fingerprint density at radius 1 is 1.36 bits per heavy atom. The molecular weight excluding hydrogens is 176 g/mol. The molecule has 0 saturated heterocycles. The first kappa shape index (κ1) is 13.4. The standard InChI is InChI=1S/C12H22O2/c1-4-11(2)8-9-12(14-3)7-5-6-10-13/h5-6,10-12H,4,7-9H2,1-3H3/b6-5+. The summed E-state index contributed by atoms with van der Waals surface area (Å²) in [4.78, 5) is 10.1. The van der Waals surface area contributed by atoms with Crippen LogP contribution in [0.25, 0.3) is 0 Å². The van der Waals surface area contributed by atoms with Crippen LogP contribution in [0.15, 0.2) is 12.2 Å². The molecule has 2 heteroatoms. The van der Waals surface area contributed by atoms with Crippen molar-refractivity contribution in [2.75, 3.05) is 7.11 Å². The van der Waals surface area contributed by atoms with Crippen molar-refractivity contribution in [3.8, 4) is 0 Å². The average Bonchev–Trinajstić information content (AvgIpc) is 2.22. The summed E-state index contributed by atoms with van der Waals surface area (Å²) in [5.41, 5.74) is 0. The van der Waals surface area contributed by atoms with Crippen LogP contribution < -0.4 is 0 Å². The zero-order valence-corrected chi connectivity index (χ0v) is 9.53. The number of carbonyl (C=O) groups is 1. The van der Waals surface area contributed by atoms with Crippen molar-refractivity contribution < 1.29 is 9.53 Å². The highest BCUT2D eigenvalue weighted by molar-refractivity contribution is 5.64. The van der Waals surface area contributed by atoms with Gasteiger partial charge in [-0.2, -0.15) is 0 Å².